The molecular formula is C9H9N3O5. The van der Waals surface area contributed by atoms with Gasteiger partial charge in [-0.05, 0) is 6.42 Å². The maximum Gasteiger partial charge on any atom is 0.394 e. The van der Waals surface area contributed by atoms with Gasteiger partial charge in [-0.15, -0.1) is 0 Å². The molecule has 3 fully saturated rings. The van der Waals surface area contributed by atoms with Gasteiger partial charge in [0, 0.05) is 6.54 Å². The Kier molecular flexibility index (Phi) is 1.75. The maximum absolute atomic E-state index is 11.5. The summed E-state index contributed by atoms with van der Waals surface area (Å²) < 4.78 is 0. The molecule has 0 aromatic rings. The Morgan fingerprint density at radius 2 is 2.06 bits per heavy atom. The average molecular weight is 239 g/mol. The van der Waals surface area contributed by atoms with Crippen molar-refractivity contribution in [2.75, 3.05) is 6.54 Å². The van der Waals surface area contributed by atoms with Crippen LogP contribution in [-0.4, -0.2) is 63.4 Å². The minimum absolute atomic E-state index is 0.187. The van der Waals surface area contributed by atoms with Gasteiger partial charge >= 0.3 is 17.9 Å². The topological polar surface area (TPSA) is 107 Å². The van der Waals surface area contributed by atoms with E-state index >= 15 is 0 Å². The zero-order valence-corrected chi connectivity index (χ0v) is 8.62. The number of hydrogen-bond acceptors (Lipinski definition) is 4. The summed E-state index contributed by atoms with van der Waals surface area (Å²) >= 11 is 0. The summed E-state index contributed by atoms with van der Waals surface area (Å²) in [5.41, 5.74) is 0. The Hall–Kier alpha value is -2.12. The molecule has 8 heteroatoms. The van der Waals surface area contributed by atoms with Gasteiger partial charge in [0.25, 0.3) is 5.91 Å². The lowest BCUT2D eigenvalue weighted by atomic mass is 10.1. The summed E-state index contributed by atoms with van der Waals surface area (Å²) in [4.78, 5) is 47.6. The van der Waals surface area contributed by atoms with Crippen LogP contribution < -0.4 is 5.32 Å². The molecule has 17 heavy (non-hydrogen) atoms. The fourth-order valence-corrected chi connectivity index (χ4v) is 2.95. The predicted octanol–water partition coefficient (Wildman–Crippen LogP) is -2.03. The van der Waals surface area contributed by atoms with E-state index in [-0.39, 0.29) is 12.6 Å². The Morgan fingerprint density at radius 1 is 1.35 bits per heavy atom. The summed E-state index contributed by atoms with van der Waals surface area (Å²) in [6.45, 7) is 0.187. The normalized spacial score (nSPS) is 34.0. The number of carbonyl (C=O) groups is 4. The average Bonchev–Trinajstić information content (AvgIpc) is 2.89. The van der Waals surface area contributed by atoms with Crippen molar-refractivity contribution in [2.24, 2.45) is 0 Å². The van der Waals surface area contributed by atoms with E-state index < -0.39 is 35.9 Å². The minimum Gasteiger partial charge on any atom is -0.474 e. The molecule has 0 radical (unpaired) electrons. The zero-order valence-electron chi connectivity index (χ0n) is 8.62. The van der Waals surface area contributed by atoms with Crippen molar-refractivity contribution in [2.45, 2.75) is 24.5 Å². The lowest BCUT2D eigenvalue weighted by Gasteiger charge is -2.33. The molecule has 2 N–H and O–H groups in total. The lowest BCUT2D eigenvalue weighted by Crippen LogP contribution is -2.56. The number of rotatable bonds is 0. The van der Waals surface area contributed by atoms with E-state index in [1.807, 2.05) is 0 Å². The highest BCUT2D eigenvalue weighted by molar-refractivity contribution is 6.31. The third-order valence-corrected chi connectivity index (χ3v) is 3.56. The number of imide groups is 1. The largest absolute Gasteiger partial charge is 0.474 e. The fraction of sp³-hybridized carbons (Fsp3) is 0.556. The number of aliphatic carboxylic acids is 1. The van der Waals surface area contributed by atoms with Gasteiger partial charge in [-0.25, -0.2) is 9.59 Å². The number of carboxylic acid groups (broad SMARTS) is 1. The Balaban J connectivity index is 1.90. The molecule has 0 aromatic heterocycles. The van der Waals surface area contributed by atoms with Crippen LogP contribution in [0, 0.1) is 0 Å². The molecule has 3 aliphatic heterocycles. The second-order valence-electron chi connectivity index (χ2n) is 4.37. The number of hydrogen-bond donors (Lipinski definition) is 2. The van der Waals surface area contributed by atoms with E-state index in [4.69, 9.17) is 5.11 Å². The Labute approximate surface area is 95.2 Å². The lowest BCUT2D eigenvalue weighted by molar-refractivity contribution is -0.157. The molecule has 90 valence electrons. The highest BCUT2D eigenvalue weighted by Gasteiger charge is 2.60. The van der Waals surface area contributed by atoms with Gasteiger partial charge in [0.2, 0.25) is 0 Å². The van der Waals surface area contributed by atoms with Crippen LogP contribution in [0.4, 0.5) is 4.79 Å². The van der Waals surface area contributed by atoms with Crippen molar-refractivity contribution in [3.05, 3.63) is 0 Å². The van der Waals surface area contributed by atoms with Gasteiger partial charge in [-0.1, -0.05) is 0 Å². The molecule has 3 atom stereocenters. The van der Waals surface area contributed by atoms with Crippen LogP contribution in [0.5, 0.6) is 0 Å². The number of amides is 4. The van der Waals surface area contributed by atoms with Crippen LogP contribution >= 0.6 is 0 Å². The quantitative estimate of drug-likeness (QED) is 0.374. The monoisotopic (exact) mass is 239 g/mol. The molecular weight excluding hydrogens is 230 g/mol. The molecule has 8 nitrogen and oxygen atoms in total. The second kappa shape index (κ2) is 2.96. The molecule has 3 rings (SSSR count). The number of carboxylic acids is 1. The van der Waals surface area contributed by atoms with Crippen molar-refractivity contribution < 1.29 is 24.3 Å². The fourth-order valence-electron chi connectivity index (χ4n) is 2.95. The number of carbonyl (C=O) groups excluding carboxylic acids is 3. The van der Waals surface area contributed by atoms with E-state index in [2.05, 4.69) is 5.32 Å². The van der Waals surface area contributed by atoms with Crippen LogP contribution in [0.2, 0.25) is 0 Å². The van der Waals surface area contributed by atoms with Crippen molar-refractivity contribution >= 4 is 23.8 Å². The highest BCUT2D eigenvalue weighted by Crippen LogP contribution is 2.38. The van der Waals surface area contributed by atoms with Crippen molar-refractivity contribution in [3.8, 4) is 0 Å². The van der Waals surface area contributed by atoms with Gasteiger partial charge in [0.1, 0.15) is 6.04 Å². The smallest absolute Gasteiger partial charge is 0.394 e. The van der Waals surface area contributed by atoms with E-state index in [0.29, 0.717) is 6.42 Å². The Bertz CT molecular complexity index is 462. The third kappa shape index (κ3) is 1.12. The standard InChI is InChI=1S/C9H9N3O5/c13-6-5-4-1-3(12(5)9(17)10-6)2-11(4)7(14)8(15)16/h3-5H,1-2H2,(H,15,16)(H,10,13,17). The van der Waals surface area contributed by atoms with Crippen molar-refractivity contribution in [1.29, 1.82) is 0 Å². The van der Waals surface area contributed by atoms with Crippen LogP contribution in [0.3, 0.4) is 0 Å². The number of nitrogens with zero attached hydrogens (tertiary/aromatic N) is 2. The number of fused-ring (bicyclic) bond motifs is 5. The second-order valence-corrected chi connectivity index (χ2v) is 4.37. The molecule has 3 unspecified atom stereocenters. The summed E-state index contributed by atoms with van der Waals surface area (Å²) in [5, 5.41) is 10.8. The molecule has 3 saturated heterocycles. The maximum atomic E-state index is 11.5. The summed E-state index contributed by atoms with van der Waals surface area (Å²) in [6.07, 6.45) is 0.475. The predicted molar refractivity (Wildman–Crippen MR) is 50.7 cm³/mol. The van der Waals surface area contributed by atoms with E-state index in [1.54, 1.807) is 0 Å². The van der Waals surface area contributed by atoms with Crippen LogP contribution in [0.15, 0.2) is 0 Å². The molecule has 2 bridgehead atoms. The number of urea groups is 1. The van der Waals surface area contributed by atoms with Crippen LogP contribution in [-0.2, 0) is 14.4 Å². The number of piperazine rings is 1. The first kappa shape index (κ1) is 10.1. The summed E-state index contributed by atoms with van der Waals surface area (Å²) in [6, 6.07) is -1.92. The molecule has 0 saturated carbocycles. The molecule has 4 amide bonds. The first-order valence-corrected chi connectivity index (χ1v) is 5.17. The zero-order chi connectivity index (χ0) is 12.3. The van der Waals surface area contributed by atoms with Gasteiger partial charge < -0.3 is 14.9 Å². The van der Waals surface area contributed by atoms with Gasteiger partial charge in [0.05, 0.1) is 12.1 Å². The molecule has 0 spiro atoms. The van der Waals surface area contributed by atoms with E-state index in [1.165, 1.54) is 9.80 Å². The van der Waals surface area contributed by atoms with Crippen LogP contribution in [0.25, 0.3) is 0 Å². The Morgan fingerprint density at radius 3 is 2.71 bits per heavy atom. The molecule has 0 aromatic carbocycles. The first-order chi connectivity index (χ1) is 8.00. The summed E-state index contributed by atoms with van der Waals surface area (Å²) in [5.74, 6) is -3.00. The SMILES string of the molecule is O=C(O)C(=O)N1CC2CC1C1C(=O)NC(=O)N21. The highest BCUT2D eigenvalue weighted by atomic mass is 16.4. The molecule has 3 aliphatic rings. The van der Waals surface area contributed by atoms with Crippen LogP contribution in [0.1, 0.15) is 6.42 Å². The third-order valence-electron chi connectivity index (χ3n) is 3.56. The minimum atomic E-state index is -1.53. The van der Waals surface area contributed by atoms with Crippen molar-refractivity contribution in [3.63, 3.8) is 0 Å². The molecule has 3 heterocycles. The van der Waals surface area contributed by atoms with Gasteiger partial charge in [-0.3, -0.25) is 14.9 Å². The summed E-state index contributed by atoms with van der Waals surface area (Å²) in [7, 11) is 0. The van der Waals surface area contributed by atoms with Gasteiger partial charge in [0.15, 0.2) is 0 Å². The first-order valence-electron chi connectivity index (χ1n) is 5.17. The number of likely N-dealkylation sites (tertiary alicyclic amines) is 1. The van der Waals surface area contributed by atoms with Gasteiger partial charge in [-0.2, -0.15) is 0 Å². The van der Waals surface area contributed by atoms with E-state index in [9.17, 15) is 19.2 Å². The van der Waals surface area contributed by atoms with Crippen molar-refractivity contribution in [1.82, 2.24) is 15.1 Å². The molecule has 0 aliphatic carbocycles. The van der Waals surface area contributed by atoms with E-state index in [0.717, 1.165) is 0 Å². The number of nitrogens with one attached hydrogen (secondary N) is 1.